The first-order valence-electron chi connectivity index (χ1n) is 4.73. The Hall–Kier alpha value is -1.02. The number of nitrogens with one attached hydrogen (secondary N) is 1. The minimum atomic E-state index is 0.760. The van der Waals surface area contributed by atoms with Crippen molar-refractivity contribution in [3.8, 4) is 0 Å². The minimum Gasteiger partial charge on any atom is -0.383 e. The first-order chi connectivity index (χ1) is 6.39. The van der Waals surface area contributed by atoms with Crippen LogP contribution in [-0.2, 0) is 4.74 Å². The van der Waals surface area contributed by atoms with Crippen molar-refractivity contribution in [1.29, 1.82) is 0 Å². The molecule has 0 aliphatic carbocycles. The Morgan fingerprint density at radius 1 is 1.31 bits per heavy atom. The summed E-state index contributed by atoms with van der Waals surface area (Å²) < 4.78 is 5.39. The standard InChI is InChI=1S/C11H17NO/c1-11-7-5-3-2-4-6-9-13-10-8-12-11/h2-3,5,7,12H,1,4,6,8-10H2/b3-2-,7-5-. The van der Waals surface area contributed by atoms with Crippen LogP contribution in [0.25, 0.3) is 0 Å². The Balaban J connectivity index is 2.37. The molecule has 0 aromatic carbocycles. The van der Waals surface area contributed by atoms with Gasteiger partial charge in [0.05, 0.1) is 6.61 Å². The van der Waals surface area contributed by atoms with Crippen LogP contribution in [0.2, 0.25) is 0 Å². The first kappa shape index (κ1) is 10.1. The summed E-state index contributed by atoms with van der Waals surface area (Å²) in [5.74, 6) is 0. The number of ether oxygens (including phenoxy) is 1. The van der Waals surface area contributed by atoms with Crippen LogP contribution in [-0.4, -0.2) is 19.8 Å². The summed E-state index contributed by atoms with van der Waals surface area (Å²) in [7, 11) is 0. The van der Waals surface area contributed by atoms with E-state index < -0.39 is 0 Å². The number of hydrogen-bond acceptors (Lipinski definition) is 2. The fraction of sp³-hybridized carbons (Fsp3) is 0.455. The number of allylic oxidation sites excluding steroid dienone is 4. The number of hydrogen-bond donors (Lipinski definition) is 1. The molecule has 0 spiro atoms. The molecule has 0 atom stereocenters. The molecule has 1 aliphatic heterocycles. The third-order valence-corrected chi connectivity index (χ3v) is 1.80. The molecule has 1 rings (SSSR count). The zero-order chi connectivity index (χ0) is 9.36. The zero-order valence-electron chi connectivity index (χ0n) is 7.96. The van der Waals surface area contributed by atoms with Gasteiger partial charge < -0.3 is 10.1 Å². The van der Waals surface area contributed by atoms with Crippen LogP contribution in [0.4, 0.5) is 0 Å². The van der Waals surface area contributed by atoms with Gasteiger partial charge in [0.2, 0.25) is 0 Å². The van der Waals surface area contributed by atoms with Crippen molar-refractivity contribution in [3.63, 3.8) is 0 Å². The quantitative estimate of drug-likeness (QED) is 0.614. The van der Waals surface area contributed by atoms with E-state index in [9.17, 15) is 0 Å². The molecule has 0 fully saturated rings. The summed E-state index contributed by atoms with van der Waals surface area (Å²) in [4.78, 5) is 0. The minimum absolute atomic E-state index is 0.760. The Kier molecular flexibility index (Phi) is 5.02. The second kappa shape index (κ2) is 6.49. The summed E-state index contributed by atoms with van der Waals surface area (Å²) in [6.45, 7) is 6.30. The summed E-state index contributed by atoms with van der Waals surface area (Å²) in [6.07, 6.45) is 10.4. The molecule has 2 nitrogen and oxygen atoms in total. The SMILES string of the molecule is C=C1/C=C\C=C/CCCOCCN1. The highest BCUT2D eigenvalue weighted by atomic mass is 16.5. The third kappa shape index (κ3) is 5.26. The first-order valence-corrected chi connectivity index (χ1v) is 4.73. The van der Waals surface area contributed by atoms with Crippen molar-refractivity contribution in [2.24, 2.45) is 0 Å². The van der Waals surface area contributed by atoms with E-state index in [0.717, 1.165) is 38.3 Å². The molecule has 0 bridgehead atoms. The molecular formula is C11H17NO. The summed E-state index contributed by atoms with van der Waals surface area (Å²) in [5, 5.41) is 3.16. The molecule has 72 valence electrons. The highest BCUT2D eigenvalue weighted by molar-refractivity contribution is 5.17. The topological polar surface area (TPSA) is 21.3 Å². The average Bonchev–Trinajstić information content (AvgIpc) is 2.11. The molecule has 13 heavy (non-hydrogen) atoms. The van der Waals surface area contributed by atoms with Gasteiger partial charge in [0, 0.05) is 18.8 Å². The fourth-order valence-electron chi connectivity index (χ4n) is 1.09. The zero-order valence-corrected chi connectivity index (χ0v) is 7.96. The Morgan fingerprint density at radius 2 is 2.23 bits per heavy atom. The maximum atomic E-state index is 5.39. The van der Waals surface area contributed by atoms with E-state index in [1.807, 2.05) is 12.2 Å². The van der Waals surface area contributed by atoms with Crippen molar-refractivity contribution in [3.05, 3.63) is 36.6 Å². The van der Waals surface area contributed by atoms with Gasteiger partial charge >= 0.3 is 0 Å². The summed E-state index contributed by atoms with van der Waals surface area (Å²) in [6, 6.07) is 0. The van der Waals surface area contributed by atoms with Crippen LogP contribution in [0.3, 0.4) is 0 Å². The van der Waals surface area contributed by atoms with Gasteiger partial charge in [0.25, 0.3) is 0 Å². The molecule has 0 aromatic rings. The van der Waals surface area contributed by atoms with Gasteiger partial charge in [-0.25, -0.2) is 0 Å². The van der Waals surface area contributed by atoms with E-state index >= 15 is 0 Å². The van der Waals surface area contributed by atoms with Crippen LogP contribution in [0.5, 0.6) is 0 Å². The second-order valence-corrected chi connectivity index (χ2v) is 2.99. The van der Waals surface area contributed by atoms with E-state index in [1.165, 1.54) is 0 Å². The van der Waals surface area contributed by atoms with Crippen molar-refractivity contribution in [2.45, 2.75) is 12.8 Å². The Morgan fingerprint density at radius 3 is 3.15 bits per heavy atom. The molecule has 0 amide bonds. The lowest BCUT2D eigenvalue weighted by atomic mass is 10.3. The lowest BCUT2D eigenvalue weighted by Crippen LogP contribution is -2.17. The van der Waals surface area contributed by atoms with Crippen molar-refractivity contribution in [2.75, 3.05) is 19.8 Å². The predicted molar refractivity (Wildman–Crippen MR) is 55.5 cm³/mol. The van der Waals surface area contributed by atoms with Crippen molar-refractivity contribution in [1.82, 2.24) is 5.32 Å². The molecule has 0 unspecified atom stereocenters. The molecule has 1 aliphatic rings. The molecule has 2 heteroatoms. The van der Waals surface area contributed by atoms with E-state index in [-0.39, 0.29) is 0 Å². The normalized spacial score (nSPS) is 25.1. The van der Waals surface area contributed by atoms with Crippen LogP contribution in [0, 0.1) is 0 Å². The van der Waals surface area contributed by atoms with E-state index in [4.69, 9.17) is 4.74 Å². The van der Waals surface area contributed by atoms with Gasteiger partial charge in [-0.2, -0.15) is 0 Å². The van der Waals surface area contributed by atoms with Crippen LogP contribution in [0.1, 0.15) is 12.8 Å². The number of rotatable bonds is 0. The van der Waals surface area contributed by atoms with Crippen LogP contribution < -0.4 is 5.32 Å². The lowest BCUT2D eigenvalue weighted by Gasteiger charge is -2.07. The van der Waals surface area contributed by atoms with Gasteiger partial charge in [-0.05, 0) is 18.9 Å². The fourth-order valence-corrected chi connectivity index (χ4v) is 1.09. The van der Waals surface area contributed by atoms with E-state index in [1.54, 1.807) is 0 Å². The Labute approximate surface area is 80.0 Å². The molecule has 0 saturated carbocycles. The van der Waals surface area contributed by atoms with Gasteiger partial charge in [0.1, 0.15) is 0 Å². The molecule has 0 saturated heterocycles. The molecular weight excluding hydrogens is 162 g/mol. The third-order valence-electron chi connectivity index (χ3n) is 1.80. The monoisotopic (exact) mass is 179 g/mol. The highest BCUT2D eigenvalue weighted by Gasteiger charge is 1.90. The largest absolute Gasteiger partial charge is 0.383 e. The Bertz CT molecular complexity index is 206. The lowest BCUT2D eigenvalue weighted by molar-refractivity contribution is 0.136. The molecule has 0 aromatic heterocycles. The summed E-state index contributed by atoms with van der Waals surface area (Å²) in [5.41, 5.74) is 0.939. The van der Waals surface area contributed by atoms with Gasteiger partial charge in [-0.15, -0.1) is 0 Å². The smallest absolute Gasteiger partial charge is 0.0639 e. The van der Waals surface area contributed by atoms with Gasteiger partial charge in [-0.1, -0.05) is 24.8 Å². The van der Waals surface area contributed by atoms with Gasteiger partial charge in [-0.3, -0.25) is 0 Å². The van der Waals surface area contributed by atoms with Crippen molar-refractivity contribution >= 4 is 0 Å². The second-order valence-electron chi connectivity index (χ2n) is 2.99. The van der Waals surface area contributed by atoms with E-state index in [2.05, 4.69) is 24.0 Å². The maximum Gasteiger partial charge on any atom is 0.0639 e. The van der Waals surface area contributed by atoms with Crippen molar-refractivity contribution < 1.29 is 4.74 Å². The molecule has 0 radical (unpaired) electrons. The highest BCUT2D eigenvalue weighted by Crippen LogP contribution is 1.95. The molecule has 1 heterocycles. The predicted octanol–water partition coefficient (Wildman–Crippen LogP) is 2.01. The van der Waals surface area contributed by atoms with E-state index in [0.29, 0.717) is 0 Å². The van der Waals surface area contributed by atoms with Crippen LogP contribution in [0.15, 0.2) is 36.6 Å². The summed E-state index contributed by atoms with van der Waals surface area (Å²) >= 11 is 0. The molecule has 1 N–H and O–H groups in total. The van der Waals surface area contributed by atoms with Crippen LogP contribution >= 0.6 is 0 Å². The van der Waals surface area contributed by atoms with Gasteiger partial charge in [0.15, 0.2) is 0 Å². The average molecular weight is 179 g/mol. The maximum absolute atomic E-state index is 5.39.